The summed E-state index contributed by atoms with van der Waals surface area (Å²) in [4.78, 5) is 18.6. The van der Waals surface area contributed by atoms with E-state index in [0.717, 1.165) is 23.1 Å². The van der Waals surface area contributed by atoms with Crippen LogP contribution < -0.4 is 0 Å². The van der Waals surface area contributed by atoms with E-state index in [0.29, 0.717) is 23.8 Å². The number of hydrogen-bond acceptors (Lipinski definition) is 3. The van der Waals surface area contributed by atoms with Crippen molar-refractivity contribution in [3.05, 3.63) is 64.7 Å². The van der Waals surface area contributed by atoms with Crippen LogP contribution in [0.15, 0.2) is 42.9 Å². The lowest BCUT2D eigenvalue weighted by Gasteiger charge is -2.27. The summed E-state index contributed by atoms with van der Waals surface area (Å²) >= 11 is 6.15. The number of carbonyl (C=O) groups is 1. The zero-order valence-electron chi connectivity index (χ0n) is 13.7. The number of rotatable bonds is 2. The van der Waals surface area contributed by atoms with E-state index in [4.69, 9.17) is 11.6 Å². The molecular formula is C18H19ClN4O. The van der Waals surface area contributed by atoms with E-state index in [1.54, 1.807) is 10.7 Å². The smallest absolute Gasteiger partial charge is 0.256 e. The molecule has 0 bridgehead atoms. The van der Waals surface area contributed by atoms with E-state index >= 15 is 0 Å². The maximum atomic E-state index is 12.7. The molecule has 6 heteroatoms. The SMILES string of the molecule is CC.O=C1c2cn3ncnc(Cl)c3c2CCN1Cc1ccccc1. The maximum absolute atomic E-state index is 12.7. The lowest BCUT2D eigenvalue weighted by atomic mass is 10.0. The van der Waals surface area contributed by atoms with Gasteiger partial charge in [0.25, 0.3) is 5.91 Å². The molecule has 2 aromatic heterocycles. The van der Waals surface area contributed by atoms with Crippen molar-refractivity contribution in [1.29, 1.82) is 0 Å². The van der Waals surface area contributed by atoms with Crippen LogP contribution in [0.4, 0.5) is 0 Å². The normalized spacial score (nSPS) is 13.5. The molecule has 1 amide bonds. The molecule has 0 radical (unpaired) electrons. The summed E-state index contributed by atoms with van der Waals surface area (Å²) in [5, 5.41) is 4.53. The van der Waals surface area contributed by atoms with Gasteiger partial charge in [0.15, 0.2) is 5.15 Å². The van der Waals surface area contributed by atoms with Crippen LogP contribution in [0.3, 0.4) is 0 Å². The summed E-state index contributed by atoms with van der Waals surface area (Å²) in [5.74, 6) is 0.0201. The lowest BCUT2D eigenvalue weighted by molar-refractivity contribution is 0.0728. The summed E-state index contributed by atoms with van der Waals surface area (Å²) in [6, 6.07) is 10.00. The predicted octanol–water partition coefficient (Wildman–Crippen LogP) is 3.61. The molecule has 0 N–H and O–H groups in total. The molecule has 1 aliphatic heterocycles. The number of fused-ring (bicyclic) bond motifs is 3. The van der Waals surface area contributed by atoms with Gasteiger partial charge < -0.3 is 4.90 Å². The predicted molar refractivity (Wildman–Crippen MR) is 94.2 cm³/mol. The van der Waals surface area contributed by atoms with Crippen molar-refractivity contribution in [2.75, 3.05) is 6.54 Å². The molecule has 24 heavy (non-hydrogen) atoms. The Morgan fingerprint density at radius 1 is 1.21 bits per heavy atom. The van der Waals surface area contributed by atoms with Crippen LogP contribution in [0.2, 0.25) is 5.15 Å². The number of nitrogens with zero attached hydrogens (tertiary/aromatic N) is 4. The van der Waals surface area contributed by atoms with Gasteiger partial charge in [-0.2, -0.15) is 5.10 Å². The molecule has 0 saturated heterocycles. The van der Waals surface area contributed by atoms with Gasteiger partial charge in [-0.1, -0.05) is 55.8 Å². The number of hydrogen-bond donors (Lipinski definition) is 0. The molecule has 3 heterocycles. The monoisotopic (exact) mass is 342 g/mol. The molecule has 1 aromatic carbocycles. The maximum Gasteiger partial charge on any atom is 0.256 e. The van der Waals surface area contributed by atoms with Crippen LogP contribution in [0.25, 0.3) is 5.52 Å². The van der Waals surface area contributed by atoms with Crippen LogP contribution in [0, 0.1) is 0 Å². The highest BCUT2D eigenvalue weighted by Gasteiger charge is 2.28. The Bertz CT molecular complexity index is 860. The van der Waals surface area contributed by atoms with Crippen molar-refractivity contribution in [3.63, 3.8) is 0 Å². The molecule has 3 aromatic rings. The molecule has 0 aliphatic carbocycles. The average Bonchev–Trinajstić information content (AvgIpc) is 3.01. The minimum Gasteiger partial charge on any atom is -0.334 e. The molecule has 4 rings (SSSR count). The summed E-state index contributed by atoms with van der Waals surface area (Å²) in [7, 11) is 0. The van der Waals surface area contributed by atoms with Crippen molar-refractivity contribution in [2.24, 2.45) is 0 Å². The van der Waals surface area contributed by atoms with Gasteiger partial charge in [-0.25, -0.2) is 9.50 Å². The molecule has 5 nitrogen and oxygen atoms in total. The zero-order valence-corrected chi connectivity index (χ0v) is 14.5. The first kappa shape index (κ1) is 16.5. The number of amides is 1. The van der Waals surface area contributed by atoms with E-state index in [1.807, 2.05) is 49.1 Å². The minimum atomic E-state index is 0.0201. The van der Waals surface area contributed by atoms with Crippen LogP contribution in [0.1, 0.15) is 35.3 Å². The first-order valence-corrected chi connectivity index (χ1v) is 8.46. The van der Waals surface area contributed by atoms with Crippen molar-refractivity contribution in [1.82, 2.24) is 19.5 Å². The fourth-order valence-electron chi connectivity index (χ4n) is 2.94. The first-order valence-electron chi connectivity index (χ1n) is 8.08. The van der Waals surface area contributed by atoms with Gasteiger partial charge in [0, 0.05) is 19.3 Å². The highest BCUT2D eigenvalue weighted by Crippen LogP contribution is 2.28. The highest BCUT2D eigenvalue weighted by atomic mass is 35.5. The quantitative estimate of drug-likeness (QED) is 0.715. The van der Waals surface area contributed by atoms with Gasteiger partial charge in [0.2, 0.25) is 0 Å². The van der Waals surface area contributed by atoms with Crippen LogP contribution in [-0.4, -0.2) is 31.9 Å². The van der Waals surface area contributed by atoms with Crippen molar-refractivity contribution in [3.8, 4) is 0 Å². The molecule has 0 atom stereocenters. The van der Waals surface area contributed by atoms with E-state index in [9.17, 15) is 4.79 Å². The number of benzene rings is 1. The van der Waals surface area contributed by atoms with Crippen molar-refractivity contribution >= 4 is 23.0 Å². The Morgan fingerprint density at radius 3 is 2.71 bits per heavy atom. The fourth-order valence-corrected chi connectivity index (χ4v) is 3.19. The third-order valence-corrected chi connectivity index (χ3v) is 4.28. The third-order valence-electron chi connectivity index (χ3n) is 4.00. The third kappa shape index (κ3) is 2.87. The van der Waals surface area contributed by atoms with Crippen LogP contribution >= 0.6 is 11.6 Å². The average molecular weight is 343 g/mol. The summed E-state index contributed by atoms with van der Waals surface area (Å²) < 4.78 is 1.64. The van der Waals surface area contributed by atoms with Gasteiger partial charge in [-0.3, -0.25) is 4.79 Å². The van der Waals surface area contributed by atoms with Gasteiger partial charge in [-0.05, 0) is 17.5 Å². The Labute approximate surface area is 145 Å². The Kier molecular flexibility index (Phi) is 4.81. The first-order chi connectivity index (χ1) is 11.7. The molecule has 124 valence electrons. The van der Waals surface area contributed by atoms with Crippen molar-refractivity contribution < 1.29 is 4.79 Å². The van der Waals surface area contributed by atoms with Gasteiger partial charge >= 0.3 is 0 Å². The topological polar surface area (TPSA) is 50.5 Å². The lowest BCUT2D eigenvalue weighted by Crippen LogP contribution is -2.36. The van der Waals surface area contributed by atoms with E-state index in [1.165, 1.54) is 6.33 Å². The van der Waals surface area contributed by atoms with Crippen LogP contribution in [0.5, 0.6) is 0 Å². The van der Waals surface area contributed by atoms with Crippen molar-refractivity contribution in [2.45, 2.75) is 26.8 Å². The van der Waals surface area contributed by atoms with Gasteiger partial charge in [0.05, 0.1) is 5.56 Å². The molecular weight excluding hydrogens is 324 g/mol. The molecule has 0 spiro atoms. The Morgan fingerprint density at radius 2 is 1.96 bits per heavy atom. The Balaban J connectivity index is 0.000000815. The fraction of sp³-hybridized carbons (Fsp3) is 0.278. The van der Waals surface area contributed by atoms with Crippen LogP contribution in [-0.2, 0) is 13.0 Å². The second kappa shape index (κ2) is 7.01. The second-order valence-corrected chi connectivity index (χ2v) is 5.69. The summed E-state index contributed by atoms with van der Waals surface area (Å²) in [6.07, 6.45) is 3.90. The minimum absolute atomic E-state index is 0.0201. The second-order valence-electron chi connectivity index (χ2n) is 5.33. The van der Waals surface area contributed by atoms with Gasteiger partial charge in [-0.15, -0.1) is 0 Å². The molecule has 0 saturated carbocycles. The molecule has 1 aliphatic rings. The largest absolute Gasteiger partial charge is 0.334 e. The summed E-state index contributed by atoms with van der Waals surface area (Å²) in [5.41, 5.74) is 3.48. The standard InChI is InChI=1S/C16H13ClN4O.C2H6/c17-15-14-12-6-7-20(8-11-4-2-1-3-5-11)16(22)13(12)9-21(14)19-10-18-15;1-2/h1-5,9-10H,6-8H2;1-2H3. The Hall–Kier alpha value is -2.40. The number of carbonyl (C=O) groups excluding carboxylic acids is 1. The molecule has 0 unspecified atom stereocenters. The molecule has 0 fully saturated rings. The zero-order chi connectivity index (χ0) is 17.1. The highest BCUT2D eigenvalue weighted by molar-refractivity contribution is 6.33. The number of aromatic nitrogens is 3. The summed E-state index contributed by atoms with van der Waals surface area (Å²) in [6.45, 7) is 5.29. The van der Waals surface area contributed by atoms with Gasteiger partial charge in [0.1, 0.15) is 11.8 Å². The van der Waals surface area contributed by atoms with E-state index < -0.39 is 0 Å². The van der Waals surface area contributed by atoms with E-state index in [-0.39, 0.29) is 5.91 Å². The van der Waals surface area contributed by atoms with E-state index in [2.05, 4.69) is 10.1 Å². The number of halogens is 1.